The van der Waals surface area contributed by atoms with Crippen molar-refractivity contribution in [2.24, 2.45) is 5.73 Å². The number of carbonyl (C=O) groups is 1. The fraction of sp³-hybridized carbons (Fsp3) is 0.333. The van der Waals surface area contributed by atoms with Crippen LogP contribution >= 0.6 is 0 Å². The lowest BCUT2D eigenvalue weighted by Crippen LogP contribution is -2.24. The minimum Gasteiger partial charge on any atom is -0.370 e. The Balaban J connectivity index is 2.68. The number of nitrogens with two attached hydrogens (primary N) is 1. The van der Waals surface area contributed by atoms with Gasteiger partial charge in [-0.2, -0.15) is 0 Å². The van der Waals surface area contributed by atoms with E-state index in [2.05, 4.69) is 10.3 Å². The molecule has 0 aliphatic heterocycles. The zero-order chi connectivity index (χ0) is 11.4. The van der Waals surface area contributed by atoms with E-state index in [4.69, 9.17) is 5.73 Å². The summed E-state index contributed by atoms with van der Waals surface area (Å²) in [7, 11) is 0. The predicted octanol–water partition coefficient (Wildman–Crippen LogP) is 1.04. The SMILES string of the molecule is CC(CC(N)=O)Nc1ncc(F)cc1F. The van der Waals surface area contributed by atoms with Gasteiger partial charge in [0.15, 0.2) is 11.6 Å². The van der Waals surface area contributed by atoms with Crippen molar-refractivity contribution >= 4 is 11.7 Å². The molecule has 1 unspecified atom stereocenters. The minimum absolute atomic E-state index is 0.0541. The zero-order valence-electron chi connectivity index (χ0n) is 8.13. The molecule has 0 fully saturated rings. The summed E-state index contributed by atoms with van der Waals surface area (Å²) >= 11 is 0. The van der Waals surface area contributed by atoms with E-state index in [0.717, 1.165) is 6.20 Å². The Morgan fingerprint density at radius 3 is 2.87 bits per heavy atom. The molecule has 1 aromatic rings. The van der Waals surface area contributed by atoms with Gasteiger partial charge in [0.05, 0.1) is 6.20 Å². The van der Waals surface area contributed by atoms with Gasteiger partial charge in [-0.25, -0.2) is 13.8 Å². The van der Waals surface area contributed by atoms with Gasteiger partial charge in [0.2, 0.25) is 5.91 Å². The highest BCUT2D eigenvalue weighted by atomic mass is 19.1. The van der Waals surface area contributed by atoms with Gasteiger partial charge in [-0.15, -0.1) is 0 Å². The van der Waals surface area contributed by atoms with Crippen LogP contribution in [-0.4, -0.2) is 16.9 Å². The van der Waals surface area contributed by atoms with Crippen LogP contribution in [0.1, 0.15) is 13.3 Å². The molecule has 0 aromatic carbocycles. The molecule has 1 aromatic heterocycles. The van der Waals surface area contributed by atoms with E-state index in [1.807, 2.05) is 0 Å². The van der Waals surface area contributed by atoms with Crippen LogP contribution in [0.3, 0.4) is 0 Å². The van der Waals surface area contributed by atoms with Crippen molar-refractivity contribution < 1.29 is 13.6 Å². The Morgan fingerprint density at radius 2 is 2.33 bits per heavy atom. The molecule has 0 spiro atoms. The van der Waals surface area contributed by atoms with Crippen molar-refractivity contribution in [1.29, 1.82) is 0 Å². The number of anilines is 1. The molecule has 1 amide bonds. The second-order valence-corrected chi connectivity index (χ2v) is 3.20. The molecule has 0 saturated heterocycles. The molecule has 15 heavy (non-hydrogen) atoms. The van der Waals surface area contributed by atoms with Crippen LogP contribution in [0, 0.1) is 11.6 Å². The largest absolute Gasteiger partial charge is 0.370 e. The number of nitrogens with one attached hydrogen (secondary N) is 1. The molecule has 0 radical (unpaired) electrons. The Bertz CT molecular complexity index is 370. The van der Waals surface area contributed by atoms with Gasteiger partial charge in [-0.3, -0.25) is 4.79 Å². The normalized spacial score (nSPS) is 12.2. The topological polar surface area (TPSA) is 68.0 Å². The quantitative estimate of drug-likeness (QED) is 0.788. The highest BCUT2D eigenvalue weighted by molar-refractivity contribution is 5.74. The average Bonchev–Trinajstić information content (AvgIpc) is 2.08. The van der Waals surface area contributed by atoms with Crippen LogP contribution in [0.15, 0.2) is 12.3 Å². The van der Waals surface area contributed by atoms with E-state index in [-0.39, 0.29) is 18.3 Å². The van der Waals surface area contributed by atoms with E-state index in [1.54, 1.807) is 6.92 Å². The summed E-state index contributed by atoms with van der Waals surface area (Å²) in [4.78, 5) is 14.1. The highest BCUT2D eigenvalue weighted by Crippen LogP contribution is 2.12. The molecular weight excluding hydrogens is 204 g/mol. The maximum absolute atomic E-state index is 13.1. The van der Waals surface area contributed by atoms with Gasteiger partial charge in [0.1, 0.15) is 5.82 Å². The number of carbonyl (C=O) groups excluding carboxylic acids is 1. The first kappa shape index (κ1) is 11.4. The van der Waals surface area contributed by atoms with Crippen LogP contribution in [0.25, 0.3) is 0 Å². The van der Waals surface area contributed by atoms with Gasteiger partial charge < -0.3 is 11.1 Å². The summed E-state index contributed by atoms with van der Waals surface area (Å²) < 4.78 is 25.6. The van der Waals surface area contributed by atoms with Crippen molar-refractivity contribution in [3.8, 4) is 0 Å². The van der Waals surface area contributed by atoms with E-state index in [1.165, 1.54) is 0 Å². The molecule has 3 N–H and O–H groups in total. The lowest BCUT2D eigenvalue weighted by atomic mass is 10.2. The first-order valence-electron chi connectivity index (χ1n) is 4.35. The molecule has 1 rings (SSSR count). The standard InChI is InChI=1S/C9H11F2N3O/c1-5(2-8(12)15)14-9-7(11)3-6(10)4-13-9/h3-5H,2H2,1H3,(H2,12,15)(H,13,14). The van der Waals surface area contributed by atoms with Gasteiger partial charge in [-0.1, -0.05) is 0 Å². The number of hydrogen-bond donors (Lipinski definition) is 2. The summed E-state index contributed by atoms with van der Waals surface area (Å²) in [5, 5.41) is 2.62. The molecule has 0 aliphatic carbocycles. The van der Waals surface area contributed by atoms with Crippen LogP contribution in [0.4, 0.5) is 14.6 Å². The molecule has 1 atom stereocenters. The number of rotatable bonds is 4. The summed E-state index contributed by atoms with van der Waals surface area (Å²) in [6.45, 7) is 1.65. The van der Waals surface area contributed by atoms with E-state index >= 15 is 0 Å². The number of primary amides is 1. The number of hydrogen-bond acceptors (Lipinski definition) is 3. The summed E-state index contributed by atoms with van der Waals surface area (Å²) in [5.41, 5.74) is 4.96. The number of amides is 1. The average molecular weight is 215 g/mol. The number of halogens is 2. The third-order valence-corrected chi connectivity index (χ3v) is 1.70. The number of aromatic nitrogens is 1. The van der Waals surface area contributed by atoms with Crippen molar-refractivity contribution in [3.05, 3.63) is 23.9 Å². The van der Waals surface area contributed by atoms with Crippen LogP contribution in [0.5, 0.6) is 0 Å². The van der Waals surface area contributed by atoms with Gasteiger partial charge >= 0.3 is 0 Å². The third kappa shape index (κ3) is 3.49. The maximum atomic E-state index is 13.1. The second-order valence-electron chi connectivity index (χ2n) is 3.20. The Kier molecular flexibility index (Phi) is 3.54. The number of pyridine rings is 1. The predicted molar refractivity (Wildman–Crippen MR) is 51.0 cm³/mol. The van der Waals surface area contributed by atoms with Crippen LogP contribution in [-0.2, 0) is 4.79 Å². The Hall–Kier alpha value is -1.72. The van der Waals surface area contributed by atoms with E-state index in [0.29, 0.717) is 6.07 Å². The zero-order valence-corrected chi connectivity index (χ0v) is 8.13. The summed E-state index contributed by atoms with van der Waals surface area (Å²) in [6, 6.07) is 0.363. The van der Waals surface area contributed by atoms with Crippen molar-refractivity contribution in [3.63, 3.8) is 0 Å². The highest BCUT2D eigenvalue weighted by Gasteiger charge is 2.10. The molecule has 0 saturated carbocycles. The molecular formula is C9H11F2N3O. The molecule has 0 bridgehead atoms. The maximum Gasteiger partial charge on any atom is 0.219 e. The van der Waals surface area contributed by atoms with Gasteiger partial charge in [-0.05, 0) is 6.92 Å². The van der Waals surface area contributed by atoms with Crippen LogP contribution in [0.2, 0.25) is 0 Å². The van der Waals surface area contributed by atoms with Gasteiger partial charge in [0, 0.05) is 18.5 Å². The second kappa shape index (κ2) is 4.68. The molecule has 82 valence electrons. The summed E-state index contributed by atoms with van der Waals surface area (Å²) in [5.74, 6) is -2.14. The van der Waals surface area contributed by atoms with Crippen molar-refractivity contribution in [2.45, 2.75) is 19.4 Å². The van der Waals surface area contributed by atoms with E-state index < -0.39 is 17.5 Å². The molecule has 4 nitrogen and oxygen atoms in total. The van der Waals surface area contributed by atoms with Crippen LogP contribution < -0.4 is 11.1 Å². The lowest BCUT2D eigenvalue weighted by molar-refractivity contribution is -0.118. The number of nitrogens with zero attached hydrogens (tertiary/aromatic N) is 1. The molecule has 0 aliphatic rings. The first-order chi connectivity index (χ1) is 6.99. The monoisotopic (exact) mass is 215 g/mol. The van der Waals surface area contributed by atoms with Gasteiger partial charge in [0.25, 0.3) is 0 Å². The fourth-order valence-corrected chi connectivity index (χ4v) is 1.11. The van der Waals surface area contributed by atoms with E-state index in [9.17, 15) is 13.6 Å². The summed E-state index contributed by atoms with van der Waals surface area (Å²) in [6.07, 6.45) is 0.945. The first-order valence-corrected chi connectivity index (χ1v) is 4.35. The lowest BCUT2D eigenvalue weighted by Gasteiger charge is -2.12. The fourth-order valence-electron chi connectivity index (χ4n) is 1.11. The Labute approximate surface area is 85.5 Å². The molecule has 6 heteroatoms. The molecule has 1 heterocycles. The van der Waals surface area contributed by atoms with Crippen molar-refractivity contribution in [2.75, 3.05) is 5.32 Å². The van der Waals surface area contributed by atoms with Crippen molar-refractivity contribution in [1.82, 2.24) is 4.98 Å². The third-order valence-electron chi connectivity index (χ3n) is 1.70. The smallest absolute Gasteiger partial charge is 0.219 e. The minimum atomic E-state index is -0.800. The Morgan fingerprint density at radius 1 is 1.67 bits per heavy atom.